The number of benzene rings is 5. The van der Waals surface area contributed by atoms with Gasteiger partial charge in [0.15, 0.2) is 0 Å². The van der Waals surface area contributed by atoms with Crippen molar-refractivity contribution in [2.75, 3.05) is 48.7 Å². The van der Waals surface area contributed by atoms with Crippen LogP contribution in [0.5, 0.6) is 17.2 Å². The van der Waals surface area contributed by atoms with Crippen molar-refractivity contribution < 1.29 is 195 Å². The largest absolute Gasteiger partial charge is 1.00 e. The van der Waals surface area contributed by atoms with Crippen LogP contribution >= 0.6 is 0 Å². The Labute approximate surface area is 515 Å². The van der Waals surface area contributed by atoms with Gasteiger partial charge in [-0.05, 0) is 96.2 Å². The molecule has 0 saturated heterocycles. The molecule has 1 heterocycles. The Morgan fingerprint density at radius 3 is 1.81 bits per heavy atom. The summed E-state index contributed by atoms with van der Waals surface area (Å²) in [6.07, 6.45) is 0.882. The molecule has 6 N–H and O–H groups in total. The topological polar surface area (TPSA) is 429 Å². The maximum atomic E-state index is 13.7. The normalized spacial score (nSPS) is 13.0. The van der Waals surface area contributed by atoms with Gasteiger partial charge >= 0.3 is 118 Å². The number of nitrogens with zero attached hydrogens (tertiary/aromatic N) is 6. The van der Waals surface area contributed by atoms with Crippen LogP contribution in [0.4, 0.5) is 46.3 Å². The van der Waals surface area contributed by atoms with Gasteiger partial charge in [0.05, 0.1) is 68.6 Å². The van der Waals surface area contributed by atoms with Crippen LogP contribution < -0.4 is 149 Å². The summed E-state index contributed by atoms with van der Waals surface area (Å²) in [6.45, 7) is 1.22. The predicted octanol–water partition coefficient (Wildman–Crippen LogP) is -8.36. The number of ketones is 1. The van der Waals surface area contributed by atoms with Gasteiger partial charge in [-0.3, -0.25) is 10.2 Å². The number of fused-ring (bicyclic) bond motifs is 2. The van der Waals surface area contributed by atoms with Gasteiger partial charge in [-0.25, -0.2) is 33.7 Å². The van der Waals surface area contributed by atoms with Gasteiger partial charge in [-0.15, -0.1) is 5.11 Å². The molecular weight excluding hydrogens is 1110 g/mol. The summed E-state index contributed by atoms with van der Waals surface area (Å²) in [5, 5.41) is 40.3. The van der Waals surface area contributed by atoms with E-state index in [0.717, 1.165) is 42.5 Å². The molecule has 0 saturated carbocycles. The molecule has 0 atom stereocenters. The first-order chi connectivity index (χ1) is 33.3. The predicted molar refractivity (Wildman–Crippen MR) is 246 cm³/mol. The molecule has 1 aliphatic carbocycles. The number of aromatic hydroxyl groups is 1. The van der Waals surface area contributed by atoms with Crippen LogP contribution in [0, 0.1) is 6.92 Å². The van der Waals surface area contributed by atoms with Crippen LogP contribution in [-0.2, 0) is 40.5 Å². The summed E-state index contributed by atoms with van der Waals surface area (Å²) < 4.78 is 154. The fourth-order valence-electron chi connectivity index (χ4n) is 6.69. The number of carbonyl (C=O) groups excluding carboxylic acids is 1. The van der Waals surface area contributed by atoms with E-state index in [-0.39, 0.29) is 211 Å². The number of carbonyl (C=O) groups is 1. The number of azo groups is 1. The maximum Gasteiger partial charge on any atom is 1.00 e. The van der Waals surface area contributed by atoms with Crippen LogP contribution in [-0.4, -0.2) is 116 Å². The van der Waals surface area contributed by atoms with Crippen LogP contribution in [0.3, 0.4) is 0 Å². The quantitative estimate of drug-likeness (QED) is 0.0214. The number of aliphatic hydroxyl groups excluding tert-OH is 1. The number of ether oxygens (including phenoxy) is 2. The van der Waals surface area contributed by atoms with Gasteiger partial charge in [0.25, 0.3) is 0 Å². The third-order valence-corrected chi connectivity index (χ3v) is 13.2. The van der Waals surface area contributed by atoms with E-state index in [0.29, 0.717) is 11.6 Å². The Hall–Kier alpha value is -3.75. The summed E-state index contributed by atoms with van der Waals surface area (Å²) in [5.41, 5.74) is 1.46. The van der Waals surface area contributed by atoms with Gasteiger partial charge < -0.3 is 53.8 Å². The number of phenolic OH excluding ortho intramolecular Hbond substituents is 1. The van der Waals surface area contributed by atoms with Crippen molar-refractivity contribution in [1.29, 1.82) is 0 Å². The molecule has 0 amide bonds. The van der Waals surface area contributed by atoms with Gasteiger partial charge in [-0.1, -0.05) is 0 Å². The van der Waals surface area contributed by atoms with Gasteiger partial charge in [0.2, 0.25) is 23.6 Å². The molecule has 1 aromatic heterocycles. The number of anilines is 6. The van der Waals surface area contributed by atoms with Crippen LogP contribution in [0.1, 0.15) is 21.5 Å². The molecule has 372 valence electrons. The third kappa shape index (κ3) is 15.7. The molecule has 0 fully saturated rings. The standard InChI is InChI=1S/C40H36N10O17S4.4Na/c1-19-10-28(33(67-3)18-27(19)47-49-30-16-24(69(57,58)59)12-21-13-25(70(60,61)62)17-31(52)35(21)30)43-40-45-38(41-8-9-51)44-39(46-40)42-22-4-6-26-20(11-22)14-34(71(63,64)65)36(37(26)53)50-48-29-15-23(68(54,55)56)5-7-32(29)66-2;;;;/h4-7,10-18,48,51-52H,8-9H2,1-3H3,(H,54,55,56)(H,57,58,59)(H,60,61,62)(H,63,64,65)(H3,41,42,43,44,45,46);;;;/q;4*+1/p-4/b49-47?,50-36+;;;;. The van der Waals surface area contributed by atoms with Crippen molar-refractivity contribution in [3.8, 4) is 17.2 Å². The Morgan fingerprint density at radius 1 is 0.640 bits per heavy atom. The molecule has 75 heavy (non-hydrogen) atoms. The van der Waals surface area contributed by atoms with E-state index in [4.69, 9.17) is 9.47 Å². The van der Waals surface area contributed by atoms with Crippen molar-refractivity contribution >= 4 is 115 Å². The van der Waals surface area contributed by atoms with E-state index in [9.17, 15) is 66.9 Å². The van der Waals surface area contributed by atoms with Crippen LogP contribution in [0.15, 0.2) is 108 Å². The van der Waals surface area contributed by atoms with E-state index in [1.165, 1.54) is 44.6 Å². The summed E-state index contributed by atoms with van der Waals surface area (Å²) in [4.78, 5) is 23.1. The fraction of sp³-hybridized carbons (Fsp3) is 0.125. The minimum atomic E-state index is -5.41. The first-order valence-corrected chi connectivity index (χ1v) is 25.2. The third-order valence-electron chi connectivity index (χ3n) is 9.90. The average molecular weight is 1140 g/mol. The van der Waals surface area contributed by atoms with Crippen molar-refractivity contribution in [2.45, 2.75) is 21.6 Å². The van der Waals surface area contributed by atoms with Crippen molar-refractivity contribution in [3.05, 3.63) is 94.4 Å². The molecule has 5 aromatic carbocycles. The van der Waals surface area contributed by atoms with Crippen LogP contribution in [0.2, 0.25) is 0 Å². The number of aliphatic hydroxyl groups is 1. The zero-order valence-electron chi connectivity index (χ0n) is 40.3. The summed E-state index contributed by atoms with van der Waals surface area (Å²) >= 11 is 0. The number of allylic oxidation sites excluding steroid dienone is 1. The van der Waals surface area contributed by atoms with E-state index < -0.39 is 77.3 Å². The smallest absolute Gasteiger partial charge is 0.744 e. The first kappa shape index (κ1) is 65.5. The van der Waals surface area contributed by atoms with Gasteiger partial charge in [0.1, 0.15) is 63.4 Å². The molecule has 7 rings (SSSR count). The van der Waals surface area contributed by atoms with E-state index in [2.05, 4.69) is 51.7 Å². The van der Waals surface area contributed by atoms with E-state index in [1.54, 1.807) is 6.92 Å². The summed E-state index contributed by atoms with van der Waals surface area (Å²) in [5.74, 6) is -2.15. The molecule has 6 aromatic rings. The Bertz CT molecular complexity index is 3780. The molecule has 0 spiro atoms. The van der Waals surface area contributed by atoms with Crippen molar-refractivity contribution in [1.82, 2.24) is 15.0 Å². The Morgan fingerprint density at radius 2 is 1.23 bits per heavy atom. The van der Waals surface area contributed by atoms with Gasteiger partial charge in [0, 0.05) is 23.9 Å². The molecule has 27 nitrogen and oxygen atoms in total. The van der Waals surface area contributed by atoms with Gasteiger partial charge in [-0.2, -0.15) is 25.2 Å². The Balaban J connectivity index is 0.00000371. The molecule has 0 aliphatic heterocycles. The van der Waals surface area contributed by atoms with Crippen LogP contribution in [0.25, 0.3) is 16.8 Å². The zero-order chi connectivity index (χ0) is 51.8. The molecular formula is C40H32N10Na4O17S4. The number of hydrogen-bond acceptors (Lipinski definition) is 27. The SMILES string of the molecule is COc1ccc(S(=O)(=O)[O-])cc1N/N=C1/C(=O)c2ccc(Nc3nc(NCCO)nc(Nc4cc(C)c(N=Nc5cc(S(=O)(=O)[O-])cc6cc(S(=O)(=O)[O-])cc(O)c56)cc4OC)n3)cc2C=C1S(=O)(=O)[O-].[Na+].[Na+].[Na+].[Na+]. The zero-order valence-corrected chi connectivity index (χ0v) is 51.5. The number of hydrazone groups is 1. The second kappa shape index (κ2) is 26.3. The second-order valence-electron chi connectivity index (χ2n) is 14.6. The number of methoxy groups -OCH3 is 2. The van der Waals surface area contributed by atoms with Crippen molar-refractivity contribution in [2.24, 2.45) is 15.3 Å². The average Bonchev–Trinajstić information content (AvgIpc) is 3.28. The number of phenols is 1. The molecule has 1 aliphatic rings. The van der Waals surface area contributed by atoms with Crippen molar-refractivity contribution in [3.63, 3.8) is 0 Å². The minimum absolute atomic E-state index is 0. The Kier molecular flexibility index (Phi) is 23.0. The molecule has 0 bridgehead atoms. The minimum Gasteiger partial charge on any atom is -0.744 e. The summed E-state index contributed by atoms with van der Waals surface area (Å²) in [6, 6.07) is 12.7. The first-order valence-electron chi connectivity index (χ1n) is 19.6. The maximum absolute atomic E-state index is 13.7. The molecule has 0 radical (unpaired) electrons. The van der Waals surface area contributed by atoms with E-state index in [1.807, 2.05) is 0 Å². The number of rotatable bonds is 17. The monoisotopic (exact) mass is 1140 g/mol. The number of aryl methyl sites for hydroxylation is 1. The molecule has 35 heteroatoms. The summed E-state index contributed by atoms with van der Waals surface area (Å²) in [7, 11) is -18.2. The number of hydrogen-bond donors (Lipinski definition) is 6. The fourth-order valence-corrected chi connectivity index (χ4v) is 8.88. The second-order valence-corrected chi connectivity index (χ2v) is 20.1. The number of aromatic nitrogens is 3. The number of Topliss-reactive ketones (excluding diaryl/α,β-unsaturated/α-hetero) is 1. The molecule has 0 unspecified atom stereocenters. The van der Waals surface area contributed by atoms with E-state index >= 15 is 0 Å². The number of nitrogens with one attached hydrogen (secondary N) is 4.